The number of aromatic nitrogens is 1. The van der Waals surface area contributed by atoms with E-state index in [2.05, 4.69) is 4.98 Å². The van der Waals surface area contributed by atoms with E-state index < -0.39 is 5.91 Å². The Balaban J connectivity index is 1.87. The van der Waals surface area contributed by atoms with Gasteiger partial charge in [-0.15, -0.1) is 0 Å². The highest BCUT2D eigenvalue weighted by molar-refractivity contribution is 5.75. The van der Waals surface area contributed by atoms with Crippen LogP contribution < -0.4 is 16.0 Å². The van der Waals surface area contributed by atoms with Crippen molar-refractivity contribution in [3.8, 4) is 16.9 Å². The van der Waals surface area contributed by atoms with Crippen LogP contribution in [0.1, 0.15) is 12.8 Å². The molecule has 1 aromatic heterocycles. The summed E-state index contributed by atoms with van der Waals surface area (Å²) in [7, 11) is 0. The number of nitrogens with two attached hydrogens (primary N) is 1. The Hall–Kier alpha value is -2.44. The van der Waals surface area contributed by atoms with Crippen LogP contribution in [0, 0.1) is 0 Å². The van der Waals surface area contributed by atoms with E-state index in [1.54, 1.807) is 17.9 Å². The molecule has 1 unspecified atom stereocenters. The fourth-order valence-electron chi connectivity index (χ4n) is 2.02. The molecule has 0 saturated carbocycles. The van der Waals surface area contributed by atoms with E-state index in [4.69, 9.17) is 15.7 Å². The van der Waals surface area contributed by atoms with Gasteiger partial charge in [-0.2, -0.15) is 0 Å². The molecule has 0 fully saturated rings. The minimum atomic E-state index is -0.493. The summed E-state index contributed by atoms with van der Waals surface area (Å²) in [5.41, 5.74) is 9.45. The number of ether oxygens (including phenoxy) is 1. The first-order chi connectivity index (χ1) is 10.7. The lowest BCUT2D eigenvalue weighted by Gasteiger charge is -2.12. The molecule has 4 N–H and O–H groups in total. The monoisotopic (exact) mass is 301 g/mol. The summed E-state index contributed by atoms with van der Waals surface area (Å²) in [6.45, 7) is 0.402. The van der Waals surface area contributed by atoms with Crippen molar-refractivity contribution < 1.29 is 14.7 Å². The molecular weight excluding hydrogens is 282 g/mol. The van der Waals surface area contributed by atoms with Crippen LogP contribution >= 0.6 is 0 Å². The lowest BCUT2D eigenvalue weighted by molar-refractivity contribution is -0.129. The average molecular weight is 301 g/mol. The van der Waals surface area contributed by atoms with Gasteiger partial charge in [0, 0.05) is 24.9 Å². The number of amides is 1. The highest BCUT2D eigenvalue weighted by Crippen LogP contribution is 2.23. The van der Waals surface area contributed by atoms with Crippen LogP contribution in [0.5, 0.6) is 5.75 Å². The first-order valence-electron chi connectivity index (χ1n) is 7.01. The molecule has 0 aliphatic rings. The predicted octanol–water partition coefficient (Wildman–Crippen LogP) is 1.74. The Kier molecular flexibility index (Phi) is 5.88. The van der Waals surface area contributed by atoms with Crippen LogP contribution in [0.4, 0.5) is 0 Å². The van der Waals surface area contributed by atoms with E-state index in [1.807, 2.05) is 36.4 Å². The SMILES string of the molecule is NC(CCOc1cccc(-c2ccncc2)c1)CC(=O)NO. The second-order valence-electron chi connectivity index (χ2n) is 4.90. The number of nitrogens with zero attached hydrogens (tertiary/aromatic N) is 1. The minimum absolute atomic E-state index is 0.0664. The first kappa shape index (κ1) is 15.9. The number of hydroxylamine groups is 1. The van der Waals surface area contributed by atoms with Gasteiger partial charge in [-0.05, 0) is 41.8 Å². The second-order valence-corrected chi connectivity index (χ2v) is 4.90. The van der Waals surface area contributed by atoms with Crippen LogP contribution in [-0.2, 0) is 4.79 Å². The van der Waals surface area contributed by atoms with Gasteiger partial charge in [0.05, 0.1) is 6.61 Å². The molecule has 2 rings (SSSR count). The fraction of sp³-hybridized carbons (Fsp3) is 0.250. The van der Waals surface area contributed by atoms with Crippen molar-refractivity contribution in [2.75, 3.05) is 6.61 Å². The quantitative estimate of drug-likeness (QED) is 0.534. The largest absolute Gasteiger partial charge is 0.494 e. The van der Waals surface area contributed by atoms with E-state index >= 15 is 0 Å². The van der Waals surface area contributed by atoms with Gasteiger partial charge in [0.2, 0.25) is 5.91 Å². The second kappa shape index (κ2) is 8.11. The molecule has 0 saturated heterocycles. The van der Waals surface area contributed by atoms with Gasteiger partial charge in [0.15, 0.2) is 0 Å². The highest BCUT2D eigenvalue weighted by Gasteiger charge is 2.09. The predicted molar refractivity (Wildman–Crippen MR) is 82.3 cm³/mol. The Morgan fingerprint density at radius 3 is 2.77 bits per heavy atom. The summed E-state index contributed by atoms with van der Waals surface area (Å²) in [6.07, 6.45) is 4.08. The molecule has 6 heteroatoms. The number of pyridine rings is 1. The lowest BCUT2D eigenvalue weighted by Crippen LogP contribution is -2.31. The Morgan fingerprint density at radius 2 is 2.05 bits per heavy atom. The van der Waals surface area contributed by atoms with Gasteiger partial charge < -0.3 is 10.5 Å². The van der Waals surface area contributed by atoms with Crippen LogP contribution in [0.15, 0.2) is 48.8 Å². The zero-order chi connectivity index (χ0) is 15.8. The van der Waals surface area contributed by atoms with E-state index in [1.165, 1.54) is 0 Å². The topological polar surface area (TPSA) is 97.5 Å². The van der Waals surface area contributed by atoms with Crippen molar-refractivity contribution in [1.82, 2.24) is 10.5 Å². The summed E-state index contributed by atoms with van der Waals surface area (Å²) in [5.74, 6) is 0.250. The van der Waals surface area contributed by atoms with Crippen LogP contribution in [0.2, 0.25) is 0 Å². The van der Waals surface area contributed by atoms with Crippen molar-refractivity contribution >= 4 is 5.91 Å². The number of carbonyl (C=O) groups excluding carboxylic acids is 1. The molecule has 2 aromatic rings. The maximum atomic E-state index is 11.0. The maximum absolute atomic E-state index is 11.0. The summed E-state index contributed by atoms with van der Waals surface area (Å²) in [5, 5.41) is 8.44. The number of carbonyl (C=O) groups is 1. The van der Waals surface area contributed by atoms with Crippen LogP contribution in [0.25, 0.3) is 11.1 Å². The first-order valence-corrected chi connectivity index (χ1v) is 7.01. The molecule has 22 heavy (non-hydrogen) atoms. The summed E-state index contributed by atoms with van der Waals surface area (Å²) >= 11 is 0. The number of nitrogens with one attached hydrogen (secondary N) is 1. The van der Waals surface area contributed by atoms with Crippen molar-refractivity contribution in [1.29, 1.82) is 0 Å². The molecule has 1 heterocycles. The number of benzene rings is 1. The molecule has 0 spiro atoms. The molecule has 0 aliphatic carbocycles. The van der Waals surface area contributed by atoms with Crippen molar-refractivity contribution in [3.63, 3.8) is 0 Å². The Morgan fingerprint density at radius 1 is 1.27 bits per heavy atom. The molecule has 1 aromatic carbocycles. The van der Waals surface area contributed by atoms with Crippen LogP contribution in [0.3, 0.4) is 0 Å². The summed E-state index contributed by atoms with van der Waals surface area (Å²) < 4.78 is 5.66. The average Bonchev–Trinajstić information content (AvgIpc) is 2.56. The lowest BCUT2D eigenvalue weighted by atomic mass is 10.1. The molecule has 1 atom stereocenters. The van der Waals surface area contributed by atoms with Gasteiger partial charge in [0.25, 0.3) is 0 Å². The van der Waals surface area contributed by atoms with E-state index in [0.29, 0.717) is 13.0 Å². The van der Waals surface area contributed by atoms with Crippen molar-refractivity contribution in [2.24, 2.45) is 5.73 Å². The summed E-state index contributed by atoms with van der Waals surface area (Å²) in [6, 6.07) is 11.3. The molecule has 116 valence electrons. The molecule has 6 nitrogen and oxygen atoms in total. The highest BCUT2D eigenvalue weighted by atomic mass is 16.5. The van der Waals surface area contributed by atoms with Crippen molar-refractivity contribution in [3.05, 3.63) is 48.8 Å². The Bertz CT molecular complexity index is 605. The summed E-state index contributed by atoms with van der Waals surface area (Å²) in [4.78, 5) is 15.0. The zero-order valence-corrected chi connectivity index (χ0v) is 12.1. The number of hydrogen-bond acceptors (Lipinski definition) is 5. The Labute approximate surface area is 128 Å². The molecular formula is C16H19N3O3. The molecule has 0 bridgehead atoms. The van der Waals surface area contributed by atoms with Gasteiger partial charge >= 0.3 is 0 Å². The third kappa shape index (κ3) is 4.83. The number of hydrogen-bond donors (Lipinski definition) is 3. The smallest absolute Gasteiger partial charge is 0.244 e. The van der Waals surface area contributed by atoms with Crippen molar-refractivity contribution in [2.45, 2.75) is 18.9 Å². The third-order valence-corrected chi connectivity index (χ3v) is 3.18. The van der Waals surface area contributed by atoms with Gasteiger partial charge in [-0.3, -0.25) is 15.0 Å². The molecule has 0 aliphatic heterocycles. The minimum Gasteiger partial charge on any atom is -0.494 e. The van der Waals surface area contributed by atoms with Crippen LogP contribution in [-0.4, -0.2) is 28.7 Å². The zero-order valence-electron chi connectivity index (χ0n) is 12.1. The van der Waals surface area contributed by atoms with E-state index in [9.17, 15) is 4.79 Å². The molecule has 0 radical (unpaired) electrons. The van der Waals surface area contributed by atoms with Gasteiger partial charge in [0.1, 0.15) is 5.75 Å². The number of rotatable bonds is 7. The fourth-order valence-corrected chi connectivity index (χ4v) is 2.02. The third-order valence-electron chi connectivity index (χ3n) is 3.18. The van der Waals surface area contributed by atoms with E-state index in [0.717, 1.165) is 16.9 Å². The normalized spacial score (nSPS) is 11.7. The molecule has 1 amide bonds. The maximum Gasteiger partial charge on any atom is 0.244 e. The van der Waals surface area contributed by atoms with Gasteiger partial charge in [-0.1, -0.05) is 12.1 Å². The standard InChI is InChI=1S/C16H19N3O3/c17-14(11-16(20)19-21)6-9-22-15-3-1-2-13(10-15)12-4-7-18-8-5-12/h1-5,7-8,10,14,21H,6,9,11,17H2,(H,19,20). The van der Waals surface area contributed by atoms with E-state index in [-0.39, 0.29) is 12.5 Å². The van der Waals surface area contributed by atoms with Gasteiger partial charge in [-0.25, -0.2) is 5.48 Å².